The number of carbonyl (C=O) groups is 1. The smallest absolute Gasteiger partial charge is 0.323 e. The van der Waals surface area contributed by atoms with Crippen LogP contribution in [0.25, 0.3) is 11.1 Å². The van der Waals surface area contributed by atoms with Crippen LogP contribution in [0, 0.1) is 5.82 Å². The van der Waals surface area contributed by atoms with Gasteiger partial charge in [-0.3, -0.25) is 4.79 Å². The third-order valence-corrected chi connectivity index (χ3v) is 2.51. The molecule has 1 aromatic heterocycles. The van der Waals surface area contributed by atoms with Gasteiger partial charge in [-0.15, -0.1) is 0 Å². The van der Waals surface area contributed by atoms with Crippen LogP contribution in [-0.4, -0.2) is 34.6 Å². The highest BCUT2D eigenvalue weighted by molar-refractivity contribution is 5.72. The Labute approximate surface area is 109 Å². The third kappa shape index (κ3) is 3.25. The van der Waals surface area contributed by atoms with Gasteiger partial charge in [-0.25, -0.2) is 14.4 Å². The first kappa shape index (κ1) is 12.9. The van der Waals surface area contributed by atoms with Crippen molar-refractivity contribution in [2.75, 3.05) is 18.5 Å². The van der Waals surface area contributed by atoms with Crippen LogP contribution >= 0.6 is 0 Å². The number of rotatable bonds is 4. The van der Waals surface area contributed by atoms with Crippen molar-refractivity contribution < 1.29 is 14.3 Å². The third-order valence-electron chi connectivity index (χ3n) is 2.51. The number of hydrogen-bond acceptors (Lipinski definition) is 4. The molecule has 0 saturated carbocycles. The van der Waals surface area contributed by atoms with Gasteiger partial charge < -0.3 is 10.0 Å². The number of likely N-dealkylation sites (N-methyl/N-ethyl adjacent to an activating group) is 1. The number of carboxylic acids is 1. The number of aliphatic carboxylic acids is 1. The number of carboxylic acid groups (broad SMARTS) is 1. The van der Waals surface area contributed by atoms with Gasteiger partial charge in [0.15, 0.2) is 0 Å². The predicted molar refractivity (Wildman–Crippen MR) is 68.3 cm³/mol. The summed E-state index contributed by atoms with van der Waals surface area (Å²) in [5, 5.41) is 8.67. The van der Waals surface area contributed by atoms with E-state index in [0.29, 0.717) is 17.1 Å². The molecular weight excluding hydrogens is 249 g/mol. The van der Waals surface area contributed by atoms with Crippen molar-refractivity contribution in [3.63, 3.8) is 0 Å². The zero-order valence-electron chi connectivity index (χ0n) is 10.2. The van der Waals surface area contributed by atoms with Crippen LogP contribution in [-0.2, 0) is 4.79 Å². The van der Waals surface area contributed by atoms with Crippen molar-refractivity contribution >= 4 is 11.9 Å². The molecule has 0 bridgehead atoms. The first-order valence-corrected chi connectivity index (χ1v) is 5.57. The molecule has 2 rings (SSSR count). The molecule has 1 N–H and O–H groups in total. The van der Waals surface area contributed by atoms with Crippen LogP contribution in [0.4, 0.5) is 10.3 Å². The van der Waals surface area contributed by atoms with Gasteiger partial charge in [0.1, 0.15) is 12.4 Å². The van der Waals surface area contributed by atoms with Crippen molar-refractivity contribution in [2.45, 2.75) is 0 Å². The van der Waals surface area contributed by atoms with Gasteiger partial charge in [0.2, 0.25) is 5.95 Å². The summed E-state index contributed by atoms with van der Waals surface area (Å²) in [6.45, 7) is -0.181. The Balaban J connectivity index is 2.21. The van der Waals surface area contributed by atoms with E-state index in [4.69, 9.17) is 5.11 Å². The quantitative estimate of drug-likeness (QED) is 0.909. The summed E-state index contributed by atoms with van der Waals surface area (Å²) in [5.74, 6) is -0.979. The van der Waals surface area contributed by atoms with Crippen LogP contribution in [0.5, 0.6) is 0 Å². The maximum atomic E-state index is 13.1. The van der Waals surface area contributed by atoms with Crippen LogP contribution in [0.2, 0.25) is 0 Å². The number of nitrogens with zero attached hydrogens (tertiary/aromatic N) is 3. The van der Waals surface area contributed by atoms with Gasteiger partial charge in [0, 0.05) is 25.0 Å². The Morgan fingerprint density at radius 3 is 2.58 bits per heavy atom. The van der Waals surface area contributed by atoms with Gasteiger partial charge in [-0.1, -0.05) is 12.1 Å². The molecule has 0 fully saturated rings. The van der Waals surface area contributed by atoms with Crippen molar-refractivity contribution in [3.05, 3.63) is 42.5 Å². The Kier molecular flexibility index (Phi) is 3.70. The van der Waals surface area contributed by atoms with Crippen molar-refractivity contribution in [1.29, 1.82) is 0 Å². The fourth-order valence-corrected chi connectivity index (χ4v) is 1.61. The SMILES string of the molecule is CN(CC(=O)O)c1ncc(-c2cccc(F)c2)cn1. The fourth-order valence-electron chi connectivity index (χ4n) is 1.61. The van der Waals surface area contributed by atoms with Crippen LogP contribution < -0.4 is 4.90 Å². The number of benzene rings is 1. The minimum absolute atomic E-state index is 0.181. The second kappa shape index (κ2) is 5.43. The standard InChI is InChI=1S/C13H12FN3O2/c1-17(8-12(18)19)13-15-6-10(7-16-13)9-3-2-4-11(14)5-9/h2-7H,8H2,1H3,(H,18,19). The lowest BCUT2D eigenvalue weighted by atomic mass is 10.1. The Morgan fingerprint density at radius 1 is 1.32 bits per heavy atom. The van der Waals surface area contributed by atoms with Crippen LogP contribution in [0.1, 0.15) is 0 Å². The summed E-state index contributed by atoms with van der Waals surface area (Å²) >= 11 is 0. The van der Waals surface area contributed by atoms with Gasteiger partial charge >= 0.3 is 5.97 Å². The number of hydrogen-bond donors (Lipinski definition) is 1. The van der Waals surface area contributed by atoms with Crippen molar-refractivity contribution in [3.8, 4) is 11.1 Å². The second-order valence-corrected chi connectivity index (χ2v) is 4.03. The molecule has 0 aliphatic heterocycles. The average Bonchev–Trinajstić information content (AvgIpc) is 2.38. The molecule has 0 aliphatic rings. The van der Waals surface area contributed by atoms with E-state index in [1.165, 1.54) is 29.4 Å². The van der Waals surface area contributed by atoms with E-state index >= 15 is 0 Å². The maximum Gasteiger partial charge on any atom is 0.323 e. The monoisotopic (exact) mass is 261 g/mol. The summed E-state index contributed by atoms with van der Waals surface area (Å²) < 4.78 is 13.1. The van der Waals surface area contributed by atoms with E-state index in [2.05, 4.69) is 9.97 Å². The van der Waals surface area contributed by atoms with Crippen molar-refractivity contribution in [2.24, 2.45) is 0 Å². The van der Waals surface area contributed by atoms with Gasteiger partial charge in [-0.2, -0.15) is 0 Å². The highest BCUT2D eigenvalue weighted by Crippen LogP contribution is 2.19. The fraction of sp³-hybridized carbons (Fsp3) is 0.154. The number of halogens is 1. The molecule has 98 valence electrons. The summed E-state index contributed by atoms with van der Waals surface area (Å²) in [6.07, 6.45) is 3.07. The van der Waals surface area contributed by atoms with E-state index in [1.54, 1.807) is 19.2 Å². The van der Waals surface area contributed by atoms with Crippen molar-refractivity contribution in [1.82, 2.24) is 9.97 Å². The highest BCUT2D eigenvalue weighted by atomic mass is 19.1. The summed E-state index contributed by atoms with van der Waals surface area (Å²) in [5.41, 5.74) is 1.35. The molecule has 0 unspecified atom stereocenters. The van der Waals surface area contributed by atoms with E-state index in [-0.39, 0.29) is 12.4 Å². The minimum Gasteiger partial charge on any atom is -0.480 e. The normalized spacial score (nSPS) is 10.2. The maximum absolute atomic E-state index is 13.1. The summed E-state index contributed by atoms with van der Waals surface area (Å²) in [7, 11) is 1.59. The van der Waals surface area contributed by atoms with E-state index < -0.39 is 5.97 Å². The zero-order chi connectivity index (χ0) is 13.8. The molecule has 1 heterocycles. The lowest BCUT2D eigenvalue weighted by Crippen LogP contribution is -2.26. The van der Waals surface area contributed by atoms with Gasteiger partial charge in [0.05, 0.1) is 0 Å². The molecule has 2 aromatic rings. The summed E-state index contributed by atoms with van der Waals surface area (Å²) in [4.78, 5) is 20.1. The Morgan fingerprint density at radius 2 is 2.00 bits per heavy atom. The molecular formula is C13H12FN3O2. The first-order valence-electron chi connectivity index (χ1n) is 5.57. The molecule has 6 heteroatoms. The van der Waals surface area contributed by atoms with Gasteiger partial charge in [-0.05, 0) is 17.7 Å². The largest absolute Gasteiger partial charge is 0.480 e. The Bertz CT molecular complexity index is 587. The van der Waals surface area contributed by atoms with Gasteiger partial charge in [0.25, 0.3) is 0 Å². The zero-order valence-corrected chi connectivity index (χ0v) is 10.2. The number of aromatic nitrogens is 2. The molecule has 19 heavy (non-hydrogen) atoms. The minimum atomic E-state index is -0.958. The highest BCUT2D eigenvalue weighted by Gasteiger charge is 2.08. The lowest BCUT2D eigenvalue weighted by Gasteiger charge is -2.14. The lowest BCUT2D eigenvalue weighted by molar-refractivity contribution is -0.135. The molecule has 5 nitrogen and oxygen atoms in total. The Hall–Kier alpha value is -2.50. The van der Waals surface area contributed by atoms with E-state index in [1.807, 2.05) is 0 Å². The summed E-state index contributed by atoms with van der Waals surface area (Å²) in [6, 6.07) is 6.11. The predicted octanol–water partition coefficient (Wildman–Crippen LogP) is 1.80. The average molecular weight is 261 g/mol. The molecule has 0 amide bonds. The van der Waals surface area contributed by atoms with Crippen LogP contribution in [0.15, 0.2) is 36.7 Å². The first-order chi connectivity index (χ1) is 9.06. The molecule has 0 spiro atoms. The topological polar surface area (TPSA) is 66.3 Å². The van der Waals surface area contributed by atoms with E-state index in [9.17, 15) is 9.18 Å². The molecule has 0 aliphatic carbocycles. The molecule has 1 aromatic carbocycles. The molecule has 0 radical (unpaired) electrons. The van der Waals surface area contributed by atoms with Crippen LogP contribution in [0.3, 0.4) is 0 Å². The second-order valence-electron chi connectivity index (χ2n) is 4.03. The molecule has 0 saturated heterocycles. The molecule has 0 atom stereocenters. The number of anilines is 1. The van der Waals surface area contributed by atoms with E-state index in [0.717, 1.165) is 0 Å².